The molecule has 1 aliphatic rings. The molecular weight excluding hydrogens is 474 g/mol. The highest BCUT2D eigenvalue weighted by atomic mass is 79.9. The van der Waals surface area contributed by atoms with Crippen LogP contribution in [0.15, 0.2) is 18.2 Å². The molecule has 0 spiro atoms. The van der Waals surface area contributed by atoms with Gasteiger partial charge in [0.15, 0.2) is 0 Å². The smallest absolute Gasteiger partial charge is 0.271 e. The molecule has 0 unspecified atom stereocenters. The van der Waals surface area contributed by atoms with Gasteiger partial charge in [-0.3, -0.25) is 24.5 Å². The molecule has 1 aromatic rings. The number of nitro benzene ring substituents is 1. The predicted octanol–water partition coefficient (Wildman–Crippen LogP) is 3.15. The monoisotopic (exact) mass is 489 g/mol. The number of rotatable bonds is 5. The van der Waals surface area contributed by atoms with Crippen molar-refractivity contribution < 1.29 is 19.3 Å². The molecule has 0 N–H and O–H groups in total. The third kappa shape index (κ3) is 4.12. The predicted molar refractivity (Wildman–Crippen MR) is 104 cm³/mol. The van der Waals surface area contributed by atoms with Gasteiger partial charge in [-0.2, -0.15) is 0 Å². The van der Waals surface area contributed by atoms with Gasteiger partial charge in [0.05, 0.1) is 16.3 Å². The number of anilines is 2. The number of non-ortho nitro benzene ring substituents is 1. The van der Waals surface area contributed by atoms with Crippen LogP contribution in [-0.2, 0) is 14.4 Å². The number of imide groups is 1. The van der Waals surface area contributed by atoms with Gasteiger partial charge in [0, 0.05) is 48.1 Å². The highest BCUT2D eigenvalue weighted by Crippen LogP contribution is 2.38. The van der Waals surface area contributed by atoms with Crippen LogP contribution in [0, 0.1) is 10.1 Å². The van der Waals surface area contributed by atoms with E-state index in [0.717, 1.165) is 4.90 Å². The molecule has 0 aliphatic carbocycles. The first kappa shape index (κ1) is 20.5. The summed E-state index contributed by atoms with van der Waals surface area (Å²) >= 11 is 6.39. The maximum atomic E-state index is 12.7. The summed E-state index contributed by atoms with van der Waals surface area (Å²) in [6.45, 7) is 1.69. The molecule has 3 amide bonds. The molecule has 10 heteroatoms. The molecule has 1 atom stereocenters. The summed E-state index contributed by atoms with van der Waals surface area (Å²) in [5.41, 5.74) is 0.181. The van der Waals surface area contributed by atoms with Crippen LogP contribution in [-0.4, -0.2) is 39.3 Å². The number of amides is 3. The van der Waals surface area contributed by atoms with Crippen molar-refractivity contribution in [3.05, 3.63) is 28.3 Å². The number of hydrogen-bond donors (Lipinski definition) is 0. The van der Waals surface area contributed by atoms with E-state index in [0.29, 0.717) is 10.7 Å². The van der Waals surface area contributed by atoms with E-state index in [1.807, 2.05) is 0 Å². The summed E-state index contributed by atoms with van der Waals surface area (Å²) in [7, 11) is 0. The lowest BCUT2D eigenvalue weighted by atomic mass is 10.1. The fourth-order valence-electron chi connectivity index (χ4n) is 2.86. The van der Waals surface area contributed by atoms with Crippen LogP contribution in [0.1, 0.15) is 26.2 Å². The fraction of sp³-hybridized carbons (Fsp3) is 0.438. The molecule has 0 saturated heterocycles. The van der Waals surface area contributed by atoms with E-state index < -0.39 is 22.8 Å². The van der Waals surface area contributed by atoms with Gasteiger partial charge in [0.1, 0.15) is 0 Å². The molecule has 1 aromatic carbocycles. The number of benzene rings is 1. The second-order valence-electron chi connectivity index (χ2n) is 5.75. The summed E-state index contributed by atoms with van der Waals surface area (Å²) in [6, 6.07) is 3.29. The van der Waals surface area contributed by atoms with Crippen molar-refractivity contribution in [2.45, 2.75) is 32.2 Å². The topological polar surface area (TPSA) is 101 Å². The number of halogens is 2. The fourth-order valence-corrected chi connectivity index (χ4v) is 3.54. The minimum atomic E-state index is -0.574. The Hall–Kier alpha value is -1.81. The number of carbonyl (C=O) groups excluding carboxylic acids is 3. The third-order valence-corrected chi connectivity index (χ3v) is 4.76. The highest BCUT2D eigenvalue weighted by Gasteiger charge is 2.37. The SMILES string of the molecule is C[C@H]1CC(=O)N(C(=O)CCBr)c2ccc([N+](=O)[O-])cc2N1C(=O)CCBr. The maximum Gasteiger partial charge on any atom is 0.271 e. The van der Waals surface area contributed by atoms with Crippen LogP contribution in [0.5, 0.6) is 0 Å². The van der Waals surface area contributed by atoms with Crippen LogP contribution in [0.4, 0.5) is 17.1 Å². The van der Waals surface area contributed by atoms with Gasteiger partial charge in [-0.15, -0.1) is 0 Å². The molecule has 1 heterocycles. The lowest BCUT2D eigenvalue weighted by molar-refractivity contribution is -0.384. The van der Waals surface area contributed by atoms with Gasteiger partial charge in [0.25, 0.3) is 5.69 Å². The molecule has 0 saturated carbocycles. The van der Waals surface area contributed by atoms with Gasteiger partial charge in [-0.05, 0) is 13.0 Å². The number of nitro groups is 1. The summed E-state index contributed by atoms with van der Waals surface area (Å²) in [5.74, 6) is -1.14. The number of nitrogens with zero attached hydrogens (tertiary/aromatic N) is 3. The van der Waals surface area contributed by atoms with E-state index in [1.165, 1.54) is 23.1 Å². The van der Waals surface area contributed by atoms with Gasteiger partial charge in [-0.1, -0.05) is 31.9 Å². The number of fused-ring (bicyclic) bond motifs is 1. The first-order valence-corrected chi connectivity index (χ1v) is 10.1. The average molecular weight is 491 g/mol. The Balaban J connectivity index is 2.67. The lowest BCUT2D eigenvalue weighted by Crippen LogP contribution is -2.40. The van der Waals surface area contributed by atoms with Crippen molar-refractivity contribution in [2.24, 2.45) is 0 Å². The van der Waals surface area contributed by atoms with Crippen molar-refractivity contribution >= 4 is 66.6 Å². The van der Waals surface area contributed by atoms with Crippen molar-refractivity contribution in [3.63, 3.8) is 0 Å². The zero-order valence-corrected chi connectivity index (χ0v) is 17.2. The summed E-state index contributed by atoms with van der Waals surface area (Å²) < 4.78 is 0. The largest absolute Gasteiger partial charge is 0.307 e. The van der Waals surface area contributed by atoms with E-state index in [4.69, 9.17) is 0 Å². The standard InChI is InChI=1S/C16H17Br2N3O5/c1-10-8-16(24)20(15(23)5-7-18)12-3-2-11(21(25)26)9-13(12)19(10)14(22)4-6-17/h2-3,9-10H,4-8H2,1H3/t10-/m0/s1. The quantitative estimate of drug-likeness (QED) is 0.358. The first-order valence-electron chi connectivity index (χ1n) is 7.90. The Morgan fingerprint density at radius 2 is 1.81 bits per heavy atom. The minimum Gasteiger partial charge on any atom is -0.307 e. The lowest BCUT2D eigenvalue weighted by Gasteiger charge is -2.28. The molecule has 26 heavy (non-hydrogen) atoms. The van der Waals surface area contributed by atoms with Gasteiger partial charge in [0.2, 0.25) is 17.7 Å². The minimum absolute atomic E-state index is 0.0511. The molecule has 0 radical (unpaired) electrons. The second-order valence-corrected chi connectivity index (χ2v) is 7.33. The van der Waals surface area contributed by atoms with E-state index in [9.17, 15) is 24.5 Å². The Morgan fingerprint density at radius 1 is 1.19 bits per heavy atom. The molecule has 2 rings (SSSR count). The van der Waals surface area contributed by atoms with Crippen molar-refractivity contribution in [1.82, 2.24) is 0 Å². The average Bonchev–Trinajstić information content (AvgIpc) is 2.67. The Kier molecular flexibility index (Phi) is 6.87. The third-order valence-electron chi connectivity index (χ3n) is 3.97. The van der Waals surface area contributed by atoms with Crippen molar-refractivity contribution in [3.8, 4) is 0 Å². The van der Waals surface area contributed by atoms with E-state index in [1.54, 1.807) is 6.92 Å². The van der Waals surface area contributed by atoms with Crippen molar-refractivity contribution in [1.29, 1.82) is 0 Å². The van der Waals surface area contributed by atoms with Crippen LogP contribution in [0.25, 0.3) is 0 Å². The molecule has 0 aromatic heterocycles. The van der Waals surface area contributed by atoms with Gasteiger partial charge in [-0.25, -0.2) is 4.90 Å². The Bertz CT molecular complexity index is 755. The van der Waals surface area contributed by atoms with E-state index >= 15 is 0 Å². The number of alkyl halides is 2. The molecule has 0 bridgehead atoms. The van der Waals surface area contributed by atoms with Gasteiger partial charge >= 0.3 is 0 Å². The molecular formula is C16H17Br2N3O5. The van der Waals surface area contributed by atoms with Gasteiger partial charge < -0.3 is 4.90 Å². The highest BCUT2D eigenvalue weighted by molar-refractivity contribution is 9.09. The summed E-state index contributed by atoms with van der Waals surface area (Å²) in [6.07, 6.45) is 0.201. The van der Waals surface area contributed by atoms with Crippen LogP contribution in [0.2, 0.25) is 0 Å². The summed E-state index contributed by atoms with van der Waals surface area (Å²) in [4.78, 5) is 50.8. The molecule has 140 valence electrons. The molecule has 8 nitrogen and oxygen atoms in total. The zero-order valence-electron chi connectivity index (χ0n) is 14.0. The van der Waals surface area contributed by atoms with Crippen molar-refractivity contribution in [2.75, 3.05) is 20.5 Å². The number of carbonyl (C=O) groups is 3. The first-order chi connectivity index (χ1) is 12.3. The second kappa shape index (κ2) is 8.72. The van der Waals surface area contributed by atoms with Crippen LogP contribution in [0.3, 0.4) is 0 Å². The normalized spacial score (nSPS) is 16.9. The molecule has 1 aliphatic heterocycles. The maximum absolute atomic E-state index is 12.7. The van der Waals surface area contributed by atoms with E-state index in [2.05, 4.69) is 31.9 Å². The van der Waals surface area contributed by atoms with Crippen LogP contribution < -0.4 is 9.80 Å². The van der Waals surface area contributed by atoms with Crippen LogP contribution >= 0.6 is 31.9 Å². The summed E-state index contributed by atoms with van der Waals surface area (Å²) in [5, 5.41) is 12.0. The van der Waals surface area contributed by atoms with E-state index in [-0.39, 0.29) is 42.2 Å². The Labute approximate surface area is 166 Å². The zero-order chi connectivity index (χ0) is 19.4. The number of hydrogen-bond acceptors (Lipinski definition) is 5. The molecule has 0 fully saturated rings. The Morgan fingerprint density at radius 3 is 2.38 bits per heavy atom.